The molecule has 0 saturated carbocycles. The first-order chi connectivity index (χ1) is 11.1. The first-order valence-corrected chi connectivity index (χ1v) is 7.18. The highest BCUT2D eigenvalue weighted by Crippen LogP contribution is 2.13. The quantitative estimate of drug-likeness (QED) is 0.471. The molecule has 0 aromatic heterocycles. The second-order valence-corrected chi connectivity index (χ2v) is 5.85. The van der Waals surface area contributed by atoms with Crippen molar-refractivity contribution in [1.29, 1.82) is 0 Å². The van der Waals surface area contributed by atoms with Gasteiger partial charge in [-0.2, -0.15) is 4.99 Å². The van der Waals surface area contributed by atoms with Crippen molar-refractivity contribution in [1.82, 2.24) is 0 Å². The average Bonchev–Trinajstić information content (AvgIpc) is 2.50. The van der Waals surface area contributed by atoms with E-state index in [0.29, 0.717) is 11.3 Å². The Morgan fingerprint density at radius 3 is 2.33 bits per heavy atom. The van der Waals surface area contributed by atoms with Crippen LogP contribution in [0.4, 0.5) is 4.79 Å². The molecule has 0 bridgehead atoms. The normalized spacial score (nSPS) is 13.1. The highest BCUT2D eigenvalue weighted by Gasteiger charge is 2.17. The van der Waals surface area contributed by atoms with Crippen LogP contribution < -0.4 is 10.5 Å². The average molecular weight is 338 g/mol. The van der Waals surface area contributed by atoms with Crippen LogP contribution in [0.25, 0.3) is 0 Å². The van der Waals surface area contributed by atoms with Crippen LogP contribution in [0.3, 0.4) is 0 Å². The van der Waals surface area contributed by atoms with E-state index in [1.165, 1.54) is 7.11 Å². The predicted octanol–water partition coefficient (Wildman–Crippen LogP) is 1.24. The zero-order valence-corrected chi connectivity index (χ0v) is 14.1. The number of amidine groups is 1. The SMILES string of the molecule is COC(=O)C(O)COc1ccc(C(N)=NC(=O)OC(C)(C)C)cc1. The van der Waals surface area contributed by atoms with Crippen LogP contribution in [0.15, 0.2) is 29.3 Å². The number of ether oxygens (including phenoxy) is 3. The second kappa shape index (κ2) is 8.30. The molecule has 1 aromatic carbocycles. The Balaban J connectivity index is 2.66. The standard InChI is InChI=1S/C16H22N2O6/c1-16(2,3)24-15(21)18-13(17)10-5-7-11(8-6-10)23-9-12(19)14(20)22-4/h5-8,12,19H,9H2,1-4H3,(H2,17,18,21). The molecule has 0 aliphatic rings. The zero-order chi connectivity index (χ0) is 18.3. The molecule has 0 fully saturated rings. The molecule has 132 valence electrons. The van der Waals surface area contributed by atoms with E-state index < -0.39 is 23.8 Å². The number of carbonyl (C=O) groups is 2. The van der Waals surface area contributed by atoms with Crippen LogP contribution in [0, 0.1) is 0 Å². The van der Waals surface area contributed by atoms with E-state index in [0.717, 1.165) is 0 Å². The molecule has 0 saturated heterocycles. The number of amides is 1. The van der Waals surface area contributed by atoms with Gasteiger partial charge < -0.3 is 25.1 Å². The molecule has 0 spiro atoms. The number of hydrogen-bond donors (Lipinski definition) is 2. The summed E-state index contributed by atoms with van der Waals surface area (Å²) in [5, 5.41) is 9.42. The van der Waals surface area contributed by atoms with Gasteiger partial charge in [0.1, 0.15) is 23.8 Å². The zero-order valence-electron chi connectivity index (χ0n) is 14.1. The van der Waals surface area contributed by atoms with E-state index in [2.05, 4.69) is 9.73 Å². The van der Waals surface area contributed by atoms with Gasteiger partial charge in [-0.1, -0.05) is 0 Å². The van der Waals surface area contributed by atoms with Gasteiger partial charge in [-0.25, -0.2) is 9.59 Å². The van der Waals surface area contributed by atoms with Crippen molar-refractivity contribution in [3.8, 4) is 5.75 Å². The maximum atomic E-state index is 11.6. The van der Waals surface area contributed by atoms with E-state index in [1.54, 1.807) is 45.0 Å². The number of nitrogens with zero attached hydrogens (tertiary/aromatic N) is 1. The Labute approximate surface area is 140 Å². The van der Waals surface area contributed by atoms with Gasteiger partial charge in [-0.3, -0.25) is 0 Å². The number of aliphatic hydroxyl groups is 1. The molecular formula is C16H22N2O6. The Bertz CT molecular complexity index is 604. The summed E-state index contributed by atoms with van der Waals surface area (Å²) in [5.74, 6) is -0.363. The second-order valence-electron chi connectivity index (χ2n) is 5.85. The van der Waals surface area contributed by atoms with Gasteiger partial charge >= 0.3 is 12.1 Å². The molecule has 0 aliphatic carbocycles. The molecule has 8 heteroatoms. The molecule has 1 aromatic rings. The topological polar surface area (TPSA) is 120 Å². The van der Waals surface area contributed by atoms with Crippen molar-refractivity contribution in [2.75, 3.05) is 13.7 Å². The van der Waals surface area contributed by atoms with E-state index in [4.69, 9.17) is 15.2 Å². The van der Waals surface area contributed by atoms with E-state index >= 15 is 0 Å². The van der Waals surface area contributed by atoms with Gasteiger partial charge in [0.25, 0.3) is 0 Å². The number of benzene rings is 1. The van der Waals surface area contributed by atoms with Crippen LogP contribution in [-0.4, -0.2) is 48.4 Å². The monoisotopic (exact) mass is 338 g/mol. The van der Waals surface area contributed by atoms with E-state index in [-0.39, 0.29) is 12.4 Å². The number of carbonyl (C=O) groups excluding carboxylic acids is 2. The first kappa shape index (κ1) is 19.4. The summed E-state index contributed by atoms with van der Waals surface area (Å²) in [6.07, 6.45) is -2.14. The molecule has 0 aliphatic heterocycles. The largest absolute Gasteiger partial charge is 0.490 e. The van der Waals surface area contributed by atoms with Gasteiger partial charge in [0.05, 0.1) is 7.11 Å². The van der Waals surface area contributed by atoms with Crippen LogP contribution in [-0.2, 0) is 14.3 Å². The molecule has 1 unspecified atom stereocenters. The summed E-state index contributed by atoms with van der Waals surface area (Å²) in [5.41, 5.74) is 5.60. The molecular weight excluding hydrogens is 316 g/mol. The summed E-state index contributed by atoms with van der Waals surface area (Å²) in [6, 6.07) is 6.31. The lowest BCUT2D eigenvalue weighted by Crippen LogP contribution is -2.28. The van der Waals surface area contributed by atoms with E-state index in [9.17, 15) is 14.7 Å². The fourth-order valence-electron chi connectivity index (χ4n) is 1.55. The van der Waals surface area contributed by atoms with Gasteiger partial charge in [-0.05, 0) is 45.0 Å². The number of rotatable bonds is 5. The minimum absolute atomic E-state index is 0.00500. The van der Waals surface area contributed by atoms with Gasteiger partial charge in [0.15, 0.2) is 6.10 Å². The number of esters is 1. The Hall–Kier alpha value is -2.61. The Morgan fingerprint density at radius 1 is 1.25 bits per heavy atom. The minimum Gasteiger partial charge on any atom is -0.490 e. The molecule has 1 atom stereocenters. The van der Waals surface area contributed by atoms with Crippen molar-refractivity contribution in [3.05, 3.63) is 29.8 Å². The fraction of sp³-hybridized carbons (Fsp3) is 0.438. The Kier molecular flexibility index (Phi) is 6.72. The minimum atomic E-state index is -1.37. The number of nitrogens with two attached hydrogens (primary N) is 1. The van der Waals surface area contributed by atoms with Crippen molar-refractivity contribution in [2.24, 2.45) is 10.7 Å². The van der Waals surface area contributed by atoms with E-state index in [1.807, 2.05) is 0 Å². The number of aliphatic imine (C=N–C) groups is 1. The van der Waals surface area contributed by atoms with Crippen molar-refractivity contribution < 1.29 is 28.9 Å². The maximum Gasteiger partial charge on any atom is 0.436 e. The number of hydrogen-bond acceptors (Lipinski definition) is 6. The van der Waals surface area contributed by atoms with Crippen molar-refractivity contribution >= 4 is 17.9 Å². The highest BCUT2D eigenvalue weighted by atomic mass is 16.6. The maximum absolute atomic E-state index is 11.6. The third-order valence-electron chi connectivity index (χ3n) is 2.64. The van der Waals surface area contributed by atoms with Crippen LogP contribution in [0.5, 0.6) is 5.75 Å². The highest BCUT2D eigenvalue weighted by molar-refractivity contribution is 6.02. The Morgan fingerprint density at radius 2 is 1.83 bits per heavy atom. The van der Waals surface area contributed by atoms with Crippen molar-refractivity contribution in [3.63, 3.8) is 0 Å². The van der Waals surface area contributed by atoms with Crippen LogP contribution in [0.1, 0.15) is 26.3 Å². The van der Waals surface area contributed by atoms with Crippen LogP contribution >= 0.6 is 0 Å². The summed E-state index contributed by atoms with van der Waals surface area (Å²) in [4.78, 5) is 26.3. The molecule has 24 heavy (non-hydrogen) atoms. The first-order valence-electron chi connectivity index (χ1n) is 7.18. The van der Waals surface area contributed by atoms with Crippen molar-refractivity contribution in [2.45, 2.75) is 32.5 Å². The lowest BCUT2D eigenvalue weighted by Gasteiger charge is -2.17. The summed E-state index contributed by atoms with van der Waals surface area (Å²) in [6.45, 7) is 4.94. The third kappa shape index (κ3) is 6.66. The smallest absolute Gasteiger partial charge is 0.436 e. The van der Waals surface area contributed by atoms with Gasteiger partial charge in [0, 0.05) is 5.56 Å². The fourth-order valence-corrected chi connectivity index (χ4v) is 1.55. The molecule has 0 radical (unpaired) electrons. The number of methoxy groups -OCH3 is 1. The third-order valence-corrected chi connectivity index (χ3v) is 2.64. The summed E-state index contributed by atoms with van der Waals surface area (Å²) < 4.78 is 14.7. The lowest BCUT2D eigenvalue weighted by atomic mass is 10.2. The molecule has 1 rings (SSSR count). The summed E-state index contributed by atoms with van der Waals surface area (Å²) >= 11 is 0. The molecule has 3 N–H and O–H groups in total. The summed E-state index contributed by atoms with van der Waals surface area (Å²) in [7, 11) is 1.17. The molecule has 8 nitrogen and oxygen atoms in total. The molecule has 0 heterocycles. The van der Waals surface area contributed by atoms with Crippen LogP contribution in [0.2, 0.25) is 0 Å². The number of aliphatic hydroxyl groups excluding tert-OH is 1. The molecule has 1 amide bonds. The predicted molar refractivity (Wildman–Crippen MR) is 86.9 cm³/mol. The van der Waals surface area contributed by atoms with Gasteiger partial charge in [0.2, 0.25) is 0 Å². The lowest BCUT2D eigenvalue weighted by molar-refractivity contribution is -0.151. The van der Waals surface area contributed by atoms with Gasteiger partial charge in [-0.15, -0.1) is 0 Å².